The quantitative estimate of drug-likeness (QED) is 0.819. The third kappa shape index (κ3) is 5.80. The number of carbonyl (C=O) groups is 2. The molecule has 4 heteroatoms. The summed E-state index contributed by atoms with van der Waals surface area (Å²) in [6, 6.07) is 6.59. The minimum Gasteiger partial charge on any atom is -0.481 e. The highest BCUT2D eigenvalue weighted by molar-refractivity contribution is 5.72. The Bertz CT molecular complexity index is 327. The van der Waals surface area contributed by atoms with Crippen LogP contribution < -0.4 is 0 Å². The zero-order chi connectivity index (χ0) is 12.6. The van der Waals surface area contributed by atoms with Gasteiger partial charge in [-0.1, -0.05) is 38.1 Å². The molecule has 1 aromatic carbocycles. The summed E-state index contributed by atoms with van der Waals surface area (Å²) < 4.78 is 0. The first-order valence-electron chi connectivity index (χ1n) is 5.09. The van der Waals surface area contributed by atoms with Crippen LogP contribution >= 0.6 is 0 Å². The fraction of sp³-hybridized carbons (Fsp3) is 0.333. The van der Waals surface area contributed by atoms with E-state index in [1.165, 1.54) is 0 Å². The molecule has 0 aromatic heterocycles. The average molecular weight is 224 g/mol. The summed E-state index contributed by atoms with van der Waals surface area (Å²) in [6.07, 6.45) is -0.152. The lowest BCUT2D eigenvalue weighted by molar-refractivity contribution is -0.137. The monoisotopic (exact) mass is 224 g/mol. The number of carboxylic acid groups (broad SMARTS) is 2. The maximum absolute atomic E-state index is 10.4. The molecule has 0 aliphatic rings. The van der Waals surface area contributed by atoms with Crippen LogP contribution in [0.5, 0.6) is 0 Å². The molecule has 1 aromatic rings. The summed E-state index contributed by atoms with van der Waals surface area (Å²) in [5, 5.41) is 17.0. The van der Waals surface area contributed by atoms with E-state index in [0.29, 0.717) is 11.1 Å². The van der Waals surface area contributed by atoms with E-state index < -0.39 is 11.9 Å². The van der Waals surface area contributed by atoms with Crippen molar-refractivity contribution in [2.24, 2.45) is 0 Å². The summed E-state index contributed by atoms with van der Waals surface area (Å²) >= 11 is 0. The second-order valence-corrected chi connectivity index (χ2v) is 2.96. The summed E-state index contributed by atoms with van der Waals surface area (Å²) in [7, 11) is 0. The van der Waals surface area contributed by atoms with Crippen LogP contribution in [0.25, 0.3) is 0 Å². The normalized spacial score (nSPS) is 8.88. The van der Waals surface area contributed by atoms with Crippen molar-refractivity contribution in [2.45, 2.75) is 26.7 Å². The Hall–Kier alpha value is -1.84. The summed E-state index contributed by atoms with van der Waals surface area (Å²) in [5.41, 5.74) is 1.24. The van der Waals surface area contributed by atoms with Gasteiger partial charge in [-0.2, -0.15) is 0 Å². The summed E-state index contributed by atoms with van der Waals surface area (Å²) in [5.74, 6) is -1.84. The second kappa shape index (κ2) is 7.45. The molecule has 1 rings (SSSR count). The van der Waals surface area contributed by atoms with Gasteiger partial charge in [0.2, 0.25) is 0 Å². The van der Waals surface area contributed by atoms with E-state index in [-0.39, 0.29) is 12.8 Å². The number of hydrogen-bond donors (Lipinski definition) is 2. The third-order valence-electron chi connectivity index (χ3n) is 1.70. The van der Waals surface area contributed by atoms with Gasteiger partial charge < -0.3 is 10.2 Å². The molecule has 0 saturated heterocycles. The fourth-order valence-electron chi connectivity index (χ4n) is 1.20. The first-order chi connectivity index (χ1) is 7.58. The van der Waals surface area contributed by atoms with Crippen molar-refractivity contribution in [1.29, 1.82) is 0 Å². The number of hydrogen-bond acceptors (Lipinski definition) is 2. The van der Waals surface area contributed by atoms with E-state index in [4.69, 9.17) is 10.2 Å². The highest BCUT2D eigenvalue weighted by Crippen LogP contribution is 2.06. The molecule has 88 valence electrons. The molecule has 0 aliphatic heterocycles. The van der Waals surface area contributed by atoms with Gasteiger partial charge in [-0.05, 0) is 11.1 Å². The molecule has 0 atom stereocenters. The summed E-state index contributed by atoms with van der Waals surface area (Å²) in [6.45, 7) is 4.00. The lowest BCUT2D eigenvalue weighted by Crippen LogP contribution is -2.03. The van der Waals surface area contributed by atoms with Gasteiger partial charge in [0.25, 0.3) is 0 Å². The van der Waals surface area contributed by atoms with E-state index in [2.05, 4.69) is 0 Å². The van der Waals surface area contributed by atoms with Crippen LogP contribution in [-0.2, 0) is 22.4 Å². The van der Waals surface area contributed by atoms with E-state index in [9.17, 15) is 9.59 Å². The van der Waals surface area contributed by atoms with Crippen molar-refractivity contribution in [2.75, 3.05) is 0 Å². The van der Waals surface area contributed by atoms with Gasteiger partial charge in [0.05, 0.1) is 12.8 Å². The van der Waals surface area contributed by atoms with Crippen LogP contribution in [0.1, 0.15) is 25.0 Å². The number of benzene rings is 1. The second-order valence-electron chi connectivity index (χ2n) is 2.96. The molecule has 0 heterocycles. The van der Waals surface area contributed by atoms with Crippen molar-refractivity contribution in [3.05, 3.63) is 35.4 Å². The predicted octanol–water partition coefficient (Wildman–Crippen LogP) is 1.97. The van der Waals surface area contributed by atoms with Gasteiger partial charge in [0, 0.05) is 0 Å². The first kappa shape index (κ1) is 14.2. The molecule has 0 spiro atoms. The average Bonchev–Trinajstić information content (AvgIpc) is 2.19. The van der Waals surface area contributed by atoms with Gasteiger partial charge >= 0.3 is 11.9 Å². The number of aliphatic carboxylic acids is 2. The van der Waals surface area contributed by atoms with Gasteiger partial charge in [-0.15, -0.1) is 0 Å². The molecule has 0 bridgehead atoms. The van der Waals surface area contributed by atoms with Crippen LogP contribution in [0.2, 0.25) is 0 Å². The molecule has 0 amide bonds. The maximum Gasteiger partial charge on any atom is 0.307 e. The number of carboxylic acids is 2. The fourth-order valence-corrected chi connectivity index (χ4v) is 1.20. The van der Waals surface area contributed by atoms with Gasteiger partial charge in [0.1, 0.15) is 0 Å². The van der Waals surface area contributed by atoms with Crippen molar-refractivity contribution in [3.63, 3.8) is 0 Å². The Balaban J connectivity index is 0.00000106. The van der Waals surface area contributed by atoms with Crippen molar-refractivity contribution < 1.29 is 19.8 Å². The molecular formula is C12H16O4. The smallest absolute Gasteiger partial charge is 0.307 e. The van der Waals surface area contributed by atoms with Crippen LogP contribution in [0.4, 0.5) is 0 Å². The van der Waals surface area contributed by atoms with Gasteiger partial charge in [-0.3, -0.25) is 9.59 Å². The van der Waals surface area contributed by atoms with Gasteiger partial charge in [-0.25, -0.2) is 0 Å². The first-order valence-corrected chi connectivity index (χ1v) is 5.09. The number of rotatable bonds is 4. The Labute approximate surface area is 94.5 Å². The van der Waals surface area contributed by atoms with Crippen LogP contribution in [0, 0.1) is 0 Å². The Morgan fingerprint density at radius 2 is 1.38 bits per heavy atom. The highest BCUT2D eigenvalue weighted by atomic mass is 16.4. The molecule has 0 radical (unpaired) electrons. The molecule has 0 saturated carbocycles. The van der Waals surface area contributed by atoms with Crippen molar-refractivity contribution in [1.82, 2.24) is 0 Å². The predicted molar refractivity (Wildman–Crippen MR) is 60.5 cm³/mol. The third-order valence-corrected chi connectivity index (χ3v) is 1.70. The highest BCUT2D eigenvalue weighted by Gasteiger charge is 2.03. The van der Waals surface area contributed by atoms with Crippen LogP contribution in [0.3, 0.4) is 0 Å². The molecular weight excluding hydrogens is 208 g/mol. The molecule has 0 aliphatic carbocycles. The molecule has 2 N–H and O–H groups in total. The molecule has 0 fully saturated rings. The lowest BCUT2D eigenvalue weighted by Gasteiger charge is -2.00. The van der Waals surface area contributed by atoms with Crippen LogP contribution in [0.15, 0.2) is 24.3 Å². The van der Waals surface area contributed by atoms with E-state index >= 15 is 0 Å². The summed E-state index contributed by atoms with van der Waals surface area (Å²) in [4.78, 5) is 20.8. The van der Waals surface area contributed by atoms with E-state index in [0.717, 1.165) is 0 Å². The minimum absolute atomic E-state index is 0.0759. The molecule has 4 nitrogen and oxygen atoms in total. The Morgan fingerprint density at radius 1 is 1.00 bits per heavy atom. The lowest BCUT2D eigenvalue weighted by atomic mass is 10.1. The zero-order valence-electron chi connectivity index (χ0n) is 9.43. The maximum atomic E-state index is 10.4. The van der Waals surface area contributed by atoms with Crippen LogP contribution in [-0.4, -0.2) is 22.2 Å². The van der Waals surface area contributed by atoms with Crippen molar-refractivity contribution in [3.8, 4) is 0 Å². The Morgan fingerprint density at radius 3 is 1.69 bits per heavy atom. The molecule has 16 heavy (non-hydrogen) atoms. The zero-order valence-corrected chi connectivity index (χ0v) is 9.43. The van der Waals surface area contributed by atoms with Gasteiger partial charge in [0.15, 0.2) is 0 Å². The van der Waals surface area contributed by atoms with E-state index in [1.54, 1.807) is 24.3 Å². The Kier molecular flexibility index (Phi) is 6.59. The molecule has 0 unspecified atom stereocenters. The SMILES string of the molecule is CC.O=C(O)Cc1cccc(CC(=O)O)c1. The van der Waals surface area contributed by atoms with E-state index in [1.807, 2.05) is 13.8 Å². The largest absolute Gasteiger partial charge is 0.481 e. The van der Waals surface area contributed by atoms with Crippen molar-refractivity contribution >= 4 is 11.9 Å². The standard InChI is InChI=1S/C10H10O4.C2H6/c11-9(12)5-7-2-1-3-8(4-7)6-10(13)14;1-2/h1-4H,5-6H2,(H,11,12)(H,13,14);1-2H3. The minimum atomic E-state index is -0.919. The topological polar surface area (TPSA) is 74.6 Å².